The summed E-state index contributed by atoms with van der Waals surface area (Å²) >= 11 is 0. The summed E-state index contributed by atoms with van der Waals surface area (Å²) in [6.45, 7) is 6.10. The van der Waals surface area contributed by atoms with E-state index in [1.165, 1.54) is 12.8 Å². The molecule has 2 heterocycles. The molecule has 6 nitrogen and oxygen atoms in total. The second kappa shape index (κ2) is 8.01. The number of rotatable bonds is 8. The van der Waals surface area contributed by atoms with Gasteiger partial charge in [0.1, 0.15) is 12.1 Å². The smallest absolute Gasteiger partial charge is 0.218 e. The van der Waals surface area contributed by atoms with Gasteiger partial charge in [-0.2, -0.15) is 0 Å². The van der Waals surface area contributed by atoms with E-state index in [0.29, 0.717) is 25.1 Å². The summed E-state index contributed by atoms with van der Waals surface area (Å²) in [4.78, 5) is 10.7. The minimum Gasteiger partial charge on any atom is -0.478 e. The number of nitrogens with zero attached hydrogens (tertiary/aromatic N) is 3. The van der Waals surface area contributed by atoms with Crippen LogP contribution in [0.1, 0.15) is 19.8 Å². The van der Waals surface area contributed by atoms with Crippen molar-refractivity contribution in [1.82, 2.24) is 15.3 Å². The van der Waals surface area contributed by atoms with Crippen molar-refractivity contribution in [3.63, 3.8) is 0 Å². The van der Waals surface area contributed by atoms with Gasteiger partial charge in [-0.1, -0.05) is 0 Å². The Morgan fingerprint density at radius 2 is 2.35 bits per heavy atom. The maximum absolute atomic E-state index is 5.45. The average molecular weight is 280 g/mol. The van der Waals surface area contributed by atoms with Gasteiger partial charge in [0, 0.05) is 32.3 Å². The Bertz CT molecular complexity index is 397. The molecule has 1 aliphatic heterocycles. The Morgan fingerprint density at radius 3 is 3.05 bits per heavy atom. The fourth-order valence-electron chi connectivity index (χ4n) is 2.41. The largest absolute Gasteiger partial charge is 0.478 e. The quantitative estimate of drug-likeness (QED) is 0.769. The predicted molar refractivity (Wildman–Crippen MR) is 78.3 cm³/mol. The maximum Gasteiger partial charge on any atom is 0.218 e. The summed E-state index contributed by atoms with van der Waals surface area (Å²) in [7, 11) is 1.72. The van der Waals surface area contributed by atoms with Crippen molar-refractivity contribution >= 4 is 5.82 Å². The molecule has 0 amide bonds. The highest BCUT2D eigenvalue weighted by atomic mass is 16.5. The molecule has 1 N–H and O–H groups in total. The van der Waals surface area contributed by atoms with Gasteiger partial charge in [-0.15, -0.1) is 0 Å². The van der Waals surface area contributed by atoms with E-state index in [-0.39, 0.29) is 0 Å². The van der Waals surface area contributed by atoms with Gasteiger partial charge < -0.3 is 19.7 Å². The lowest BCUT2D eigenvalue weighted by Gasteiger charge is -2.26. The van der Waals surface area contributed by atoms with Crippen LogP contribution in [0.15, 0.2) is 12.4 Å². The fraction of sp³-hybridized carbons (Fsp3) is 0.714. The van der Waals surface area contributed by atoms with Crippen LogP contribution < -0.4 is 15.0 Å². The van der Waals surface area contributed by atoms with E-state index in [4.69, 9.17) is 9.47 Å². The minimum absolute atomic E-state index is 0.525. The van der Waals surface area contributed by atoms with Crippen molar-refractivity contribution in [3.05, 3.63) is 12.4 Å². The normalized spacial score (nSPS) is 18.2. The molecule has 112 valence electrons. The highest BCUT2D eigenvalue weighted by molar-refractivity contribution is 5.41. The second-order valence-corrected chi connectivity index (χ2v) is 4.88. The number of aromatic nitrogens is 2. The van der Waals surface area contributed by atoms with Crippen LogP contribution in [-0.4, -0.2) is 56.0 Å². The molecule has 1 saturated heterocycles. The van der Waals surface area contributed by atoms with Gasteiger partial charge in [-0.05, 0) is 26.3 Å². The van der Waals surface area contributed by atoms with E-state index in [1.54, 1.807) is 13.4 Å². The van der Waals surface area contributed by atoms with E-state index < -0.39 is 0 Å². The highest BCUT2D eigenvalue weighted by Crippen LogP contribution is 2.17. The van der Waals surface area contributed by atoms with E-state index in [1.807, 2.05) is 13.0 Å². The fourth-order valence-corrected chi connectivity index (χ4v) is 2.41. The topological polar surface area (TPSA) is 59.5 Å². The molecular weight excluding hydrogens is 256 g/mol. The SMILES string of the molecule is CCOc1cc(N(CCOC)CC2CCCN2)ncn1. The lowest BCUT2D eigenvalue weighted by Crippen LogP contribution is -2.39. The molecular formula is C14H24N4O2. The summed E-state index contributed by atoms with van der Waals surface area (Å²) in [5, 5.41) is 3.52. The Kier molecular flexibility index (Phi) is 6.01. The molecule has 1 unspecified atom stereocenters. The number of anilines is 1. The molecule has 20 heavy (non-hydrogen) atoms. The predicted octanol–water partition coefficient (Wildman–Crippen LogP) is 1.08. The van der Waals surface area contributed by atoms with Crippen molar-refractivity contribution < 1.29 is 9.47 Å². The number of hydrogen-bond acceptors (Lipinski definition) is 6. The number of hydrogen-bond donors (Lipinski definition) is 1. The first kappa shape index (κ1) is 15.0. The Labute approximate surface area is 120 Å². The lowest BCUT2D eigenvalue weighted by atomic mass is 10.2. The van der Waals surface area contributed by atoms with Crippen molar-refractivity contribution in [2.75, 3.05) is 44.9 Å². The monoisotopic (exact) mass is 280 g/mol. The first-order valence-corrected chi connectivity index (χ1v) is 7.25. The molecule has 6 heteroatoms. The van der Waals surface area contributed by atoms with Crippen LogP contribution in [0.4, 0.5) is 5.82 Å². The molecule has 0 aromatic carbocycles. The van der Waals surface area contributed by atoms with Crippen LogP contribution in [0.3, 0.4) is 0 Å². The van der Waals surface area contributed by atoms with E-state index >= 15 is 0 Å². The first-order chi connectivity index (χ1) is 9.83. The number of ether oxygens (including phenoxy) is 2. The average Bonchev–Trinajstić information content (AvgIpc) is 2.97. The van der Waals surface area contributed by atoms with Crippen LogP contribution in [-0.2, 0) is 4.74 Å². The molecule has 1 fully saturated rings. The van der Waals surface area contributed by atoms with Crippen LogP contribution in [0.5, 0.6) is 5.88 Å². The zero-order valence-corrected chi connectivity index (χ0v) is 12.3. The van der Waals surface area contributed by atoms with Gasteiger partial charge in [-0.25, -0.2) is 9.97 Å². The Morgan fingerprint density at radius 1 is 1.45 bits per heavy atom. The molecule has 1 aromatic heterocycles. The Balaban J connectivity index is 2.05. The molecule has 1 aromatic rings. The van der Waals surface area contributed by atoms with Crippen molar-refractivity contribution in [3.8, 4) is 5.88 Å². The third kappa shape index (κ3) is 4.31. The molecule has 0 aliphatic carbocycles. The Hall–Kier alpha value is -1.40. The van der Waals surface area contributed by atoms with E-state index in [0.717, 1.165) is 25.5 Å². The van der Waals surface area contributed by atoms with E-state index in [9.17, 15) is 0 Å². The summed E-state index contributed by atoms with van der Waals surface area (Å²) in [6, 6.07) is 2.42. The third-order valence-electron chi connectivity index (χ3n) is 3.41. The van der Waals surface area contributed by atoms with Gasteiger partial charge in [0.25, 0.3) is 0 Å². The van der Waals surface area contributed by atoms with Gasteiger partial charge in [-0.3, -0.25) is 0 Å². The van der Waals surface area contributed by atoms with Gasteiger partial charge >= 0.3 is 0 Å². The highest BCUT2D eigenvalue weighted by Gasteiger charge is 2.19. The van der Waals surface area contributed by atoms with Crippen molar-refractivity contribution in [2.24, 2.45) is 0 Å². The summed E-state index contributed by atoms with van der Waals surface area (Å²) in [5.74, 6) is 1.52. The first-order valence-electron chi connectivity index (χ1n) is 7.25. The molecule has 0 saturated carbocycles. The minimum atomic E-state index is 0.525. The summed E-state index contributed by atoms with van der Waals surface area (Å²) < 4.78 is 10.6. The van der Waals surface area contributed by atoms with Crippen molar-refractivity contribution in [1.29, 1.82) is 0 Å². The zero-order valence-electron chi connectivity index (χ0n) is 12.3. The standard InChI is InChI=1S/C14H24N4O2/c1-3-20-14-9-13(16-11-17-14)18(7-8-19-2)10-12-5-4-6-15-12/h9,11-12,15H,3-8,10H2,1-2H3. The van der Waals surface area contributed by atoms with Crippen LogP contribution in [0, 0.1) is 0 Å². The zero-order chi connectivity index (χ0) is 14.2. The maximum atomic E-state index is 5.45. The molecule has 1 atom stereocenters. The van der Waals surface area contributed by atoms with Crippen molar-refractivity contribution in [2.45, 2.75) is 25.8 Å². The van der Waals surface area contributed by atoms with Gasteiger partial charge in [0.05, 0.1) is 13.2 Å². The van der Waals surface area contributed by atoms with Crippen LogP contribution >= 0.6 is 0 Å². The molecule has 0 radical (unpaired) electrons. The van der Waals surface area contributed by atoms with Crippen LogP contribution in [0.25, 0.3) is 0 Å². The lowest BCUT2D eigenvalue weighted by molar-refractivity contribution is 0.204. The molecule has 0 bridgehead atoms. The summed E-state index contributed by atoms with van der Waals surface area (Å²) in [5.41, 5.74) is 0. The second-order valence-electron chi connectivity index (χ2n) is 4.88. The molecule has 1 aliphatic rings. The molecule has 2 rings (SSSR count). The molecule has 0 spiro atoms. The van der Waals surface area contributed by atoms with Gasteiger partial charge in [0.15, 0.2) is 0 Å². The number of methoxy groups -OCH3 is 1. The van der Waals surface area contributed by atoms with Gasteiger partial charge in [0.2, 0.25) is 5.88 Å². The summed E-state index contributed by atoms with van der Waals surface area (Å²) in [6.07, 6.45) is 4.02. The van der Waals surface area contributed by atoms with E-state index in [2.05, 4.69) is 20.2 Å². The van der Waals surface area contributed by atoms with Crippen LogP contribution in [0.2, 0.25) is 0 Å². The third-order valence-corrected chi connectivity index (χ3v) is 3.41. The number of nitrogens with one attached hydrogen (secondary N) is 1.